The molecule has 1 aromatic heterocycles. The van der Waals surface area contributed by atoms with E-state index in [0.29, 0.717) is 10.9 Å². The summed E-state index contributed by atoms with van der Waals surface area (Å²) in [6.45, 7) is -0.254. The van der Waals surface area contributed by atoms with Crippen molar-refractivity contribution < 1.29 is 18.3 Å². The van der Waals surface area contributed by atoms with Crippen LogP contribution in [0.4, 0.5) is 0 Å². The highest BCUT2D eigenvalue weighted by molar-refractivity contribution is 7.91. The molecule has 5 nitrogen and oxygen atoms in total. The fourth-order valence-corrected chi connectivity index (χ4v) is 2.68. The van der Waals surface area contributed by atoms with Crippen LogP contribution in [0.1, 0.15) is 0 Å². The van der Waals surface area contributed by atoms with Gasteiger partial charge in [-0.3, -0.25) is 4.79 Å². The largest absolute Gasteiger partial charge is 0.480 e. The molecule has 0 amide bonds. The van der Waals surface area contributed by atoms with Crippen molar-refractivity contribution in [2.45, 2.75) is 11.4 Å². The van der Waals surface area contributed by atoms with E-state index >= 15 is 0 Å². The molecule has 0 saturated heterocycles. The van der Waals surface area contributed by atoms with E-state index in [2.05, 4.69) is 0 Å². The summed E-state index contributed by atoms with van der Waals surface area (Å²) in [4.78, 5) is 10.9. The molecule has 0 atom stereocenters. The van der Waals surface area contributed by atoms with Gasteiger partial charge in [0.15, 0.2) is 9.84 Å². The number of para-hydroxylation sites is 1. The molecule has 0 radical (unpaired) electrons. The van der Waals surface area contributed by atoms with Crippen molar-refractivity contribution in [3.05, 3.63) is 30.5 Å². The zero-order valence-electron chi connectivity index (χ0n) is 9.12. The SMILES string of the molecule is CS(=O)(=O)c1cn(CC(=O)O)c2ccccc12. The molecule has 0 saturated carbocycles. The Morgan fingerprint density at radius 2 is 2.00 bits per heavy atom. The van der Waals surface area contributed by atoms with E-state index in [1.165, 1.54) is 10.8 Å². The molecule has 1 heterocycles. The zero-order valence-corrected chi connectivity index (χ0v) is 9.94. The van der Waals surface area contributed by atoms with Crippen LogP contribution in [0.2, 0.25) is 0 Å². The highest BCUT2D eigenvalue weighted by atomic mass is 32.2. The lowest BCUT2D eigenvalue weighted by molar-refractivity contribution is -0.137. The van der Waals surface area contributed by atoms with Gasteiger partial charge in [0.05, 0.1) is 4.90 Å². The third-order valence-corrected chi connectivity index (χ3v) is 3.58. The van der Waals surface area contributed by atoms with Crippen LogP contribution < -0.4 is 0 Å². The number of carboxylic acid groups (broad SMARTS) is 1. The Morgan fingerprint density at radius 1 is 1.35 bits per heavy atom. The van der Waals surface area contributed by atoms with Gasteiger partial charge >= 0.3 is 5.97 Å². The van der Waals surface area contributed by atoms with Crippen molar-refractivity contribution in [2.24, 2.45) is 0 Å². The minimum atomic E-state index is -3.36. The Bertz CT molecular complexity index is 685. The van der Waals surface area contributed by atoms with Gasteiger partial charge in [-0.2, -0.15) is 0 Å². The topological polar surface area (TPSA) is 76.4 Å². The first-order chi connectivity index (χ1) is 7.89. The third kappa shape index (κ3) is 2.16. The number of carboxylic acids is 1. The molecule has 2 aromatic rings. The van der Waals surface area contributed by atoms with Crippen molar-refractivity contribution >= 4 is 26.7 Å². The highest BCUT2D eigenvalue weighted by Crippen LogP contribution is 2.25. The molecular weight excluding hydrogens is 242 g/mol. The lowest BCUT2D eigenvalue weighted by Gasteiger charge is -1.99. The maximum absolute atomic E-state index is 11.6. The first kappa shape index (κ1) is 11.7. The van der Waals surface area contributed by atoms with Crippen LogP contribution in [0.25, 0.3) is 10.9 Å². The summed E-state index contributed by atoms with van der Waals surface area (Å²) in [5.74, 6) is -1.01. The molecule has 0 aliphatic carbocycles. The molecular formula is C11H11NO4S. The Morgan fingerprint density at radius 3 is 2.59 bits per heavy atom. The quantitative estimate of drug-likeness (QED) is 0.889. The molecule has 1 N–H and O–H groups in total. The zero-order chi connectivity index (χ0) is 12.6. The predicted molar refractivity (Wildman–Crippen MR) is 62.7 cm³/mol. The lowest BCUT2D eigenvalue weighted by Crippen LogP contribution is -2.07. The first-order valence-electron chi connectivity index (χ1n) is 4.89. The van der Waals surface area contributed by atoms with E-state index in [0.717, 1.165) is 6.26 Å². The van der Waals surface area contributed by atoms with Gasteiger partial charge in [0.1, 0.15) is 6.54 Å². The molecule has 0 aliphatic rings. The van der Waals surface area contributed by atoms with Gasteiger partial charge in [0, 0.05) is 23.4 Å². The summed E-state index contributed by atoms with van der Waals surface area (Å²) in [7, 11) is -3.36. The molecule has 1 aromatic carbocycles. The van der Waals surface area contributed by atoms with Gasteiger partial charge in [-0.15, -0.1) is 0 Å². The number of benzene rings is 1. The molecule has 17 heavy (non-hydrogen) atoms. The van der Waals surface area contributed by atoms with E-state index in [4.69, 9.17) is 5.11 Å². The van der Waals surface area contributed by atoms with Crippen molar-refractivity contribution in [1.82, 2.24) is 4.57 Å². The second kappa shape index (κ2) is 3.89. The number of fused-ring (bicyclic) bond motifs is 1. The number of hydrogen-bond acceptors (Lipinski definition) is 3. The summed E-state index contributed by atoms with van der Waals surface area (Å²) in [6, 6.07) is 6.84. The number of hydrogen-bond donors (Lipinski definition) is 1. The number of sulfone groups is 1. The summed E-state index contributed by atoms with van der Waals surface area (Å²) in [5, 5.41) is 9.32. The Labute approximate surface area is 98.2 Å². The van der Waals surface area contributed by atoms with Crippen LogP contribution in [0, 0.1) is 0 Å². The molecule has 0 unspecified atom stereocenters. The summed E-state index contributed by atoms with van der Waals surface area (Å²) >= 11 is 0. The second-order valence-electron chi connectivity index (χ2n) is 3.80. The minimum absolute atomic E-state index is 0.161. The van der Waals surface area contributed by atoms with Crippen molar-refractivity contribution in [2.75, 3.05) is 6.26 Å². The number of nitrogens with zero attached hydrogens (tertiary/aromatic N) is 1. The van der Waals surface area contributed by atoms with Crippen molar-refractivity contribution in [1.29, 1.82) is 0 Å². The molecule has 2 rings (SSSR count). The van der Waals surface area contributed by atoms with Crippen molar-refractivity contribution in [3.8, 4) is 0 Å². The Hall–Kier alpha value is -1.82. The lowest BCUT2D eigenvalue weighted by atomic mass is 10.2. The average Bonchev–Trinajstić information content (AvgIpc) is 2.56. The van der Waals surface area contributed by atoms with Crippen LogP contribution in [0.15, 0.2) is 35.4 Å². The van der Waals surface area contributed by atoms with Crippen LogP contribution in [-0.2, 0) is 21.2 Å². The third-order valence-electron chi connectivity index (χ3n) is 2.46. The molecule has 0 fully saturated rings. The minimum Gasteiger partial charge on any atom is -0.480 e. The van der Waals surface area contributed by atoms with Crippen LogP contribution in [0.5, 0.6) is 0 Å². The van der Waals surface area contributed by atoms with E-state index in [1.54, 1.807) is 24.3 Å². The van der Waals surface area contributed by atoms with Crippen LogP contribution in [-0.4, -0.2) is 30.3 Å². The summed E-state index contributed by atoms with van der Waals surface area (Å²) in [6.07, 6.45) is 2.48. The molecule has 90 valence electrons. The maximum Gasteiger partial charge on any atom is 0.323 e. The van der Waals surface area contributed by atoms with E-state index in [1.807, 2.05) is 0 Å². The number of aromatic nitrogens is 1. The Kier molecular flexibility index (Phi) is 2.66. The van der Waals surface area contributed by atoms with Gasteiger partial charge in [-0.05, 0) is 6.07 Å². The summed E-state index contributed by atoms with van der Waals surface area (Å²) < 4.78 is 24.6. The normalized spacial score (nSPS) is 11.8. The van der Waals surface area contributed by atoms with Gasteiger partial charge in [-0.1, -0.05) is 18.2 Å². The fourth-order valence-electron chi connectivity index (χ4n) is 1.79. The average molecular weight is 253 g/mol. The molecule has 0 bridgehead atoms. The van der Waals surface area contributed by atoms with Gasteiger partial charge in [0.2, 0.25) is 0 Å². The maximum atomic E-state index is 11.6. The number of aliphatic carboxylic acids is 1. The smallest absolute Gasteiger partial charge is 0.323 e. The van der Waals surface area contributed by atoms with Crippen LogP contribution >= 0.6 is 0 Å². The van der Waals surface area contributed by atoms with Gasteiger partial charge < -0.3 is 9.67 Å². The van der Waals surface area contributed by atoms with Gasteiger partial charge in [-0.25, -0.2) is 8.42 Å². The first-order valence-corrected chi connectivity index (χ1v) is 6.78. The number of carbonyl (C=O) groups is 1. The highest BCUT2D eigenvalue weighted by Gasteiger charge is 2.17. The predicted octanol–water partition coefficient (Wildman–Crippen LogP) is 1.13. The van der Waals surface area contributed by atoms with Crippen molar-refractivity contribution in [3.63, 3.8) is 0 Å². The van der Waals surface area contributed by atoms with Gasteiger partial charge in [0.25, 0.3) is 0 Å². The number of rotatable bonds is 3. The molecule has 6 heteroatoms. The van der Waals surface area contributed by atoms with E-state index in [9.17, 15) is 13.2 Å². The monoisotopic (exact) mass is 253 g/mol. The summed E-state index contributed by atoms with van der Waals surface area (Å²) in [5.41, 5.74) is 0.607. The fraction of sp³-hybridized carbons (Fsp3) is 0.182. The standard InChI is InChI=1S/C11H11NO4S/c1-17(15,16)10-6-12(7-11(13)14)9-5-3-2-4-8(9)10/h2-6H,7H2,1H3,(H,13,14). The van der Waals surface area contributed by atoms with E-state index in [-0.39, 0.29) is 11.4 Å². The second-order valence-corrected chi connectivity index (χ2v) is 5.79. The molecule has 0 aliphatic heterocycles. The molecule has 0 spiro atoms. The Balaban J connectivity index is 2.75. The van der Waals surface area contributed by atoms with E-state index < -0.39 is 15.8 Å². The van der Waals surface area contributed by atoms with Crippen LogP contribution in [0.3, 0.4) is 0 Å².